The van der Waals surface area contributed by atoms with Gasteiger partial charge < -0.3 is 0 Å². The maximum Gasteiger partial charge on any atom is 0.160 e. The highest BCUT2D eigenvalue weighted by molar-refractivity contribution is 7.20. The van der Waals surface area contributed by atoms with Gasteiger partial charge in [0.15, 0.2) is 6.29 Å². The second-order valence-electron chi connectivity index (χ2n) is 4.83. The van der Waals surface area contributed by atoms with Crippen LogP contribution in [0.1, 0.15) is 9.67 Å². The first-order chi connectivity index (χ1) is 10.8. The molecule has 0 saturated heterocycles. The normalized spacial score (nSPS) is 11.1. The van der Waals surface area contributed by atoms with Crippen LogP contribution in [0.5, 0.6) is 0 Å². The molecule has 4 rings (SSSR count). The van der Waals surface area contributed by atoms with Crippen molar-refractivity contribution in [3.63, 3.8) is 0 Å². The molecule has 106 valence electrons. The fourth-order valence-electron chi connectivity index (χ4n) is 2.71. The van der Waals surface area contributed by atoms with E-state index >= 15 is 0 Å². The van der Waals surface area contributed by atoms with Gasteiger partial charge in [0.05, 0.1) is 10.3 Å². The SMILES string of the molecule is O=Cc1sc2ncnc(Cl)c2c1-c1cccc2ccccc12. The summed E-state index contributed by atoms with van der Waals surface area (Å²) in [7, 11) is 0. The number of halogens is 1. The minimum atomic E-state index is 0.372. The van der Waals surface area contributed by atoms with Crippen LogP contribution in [0.3, 0.4) is 0 Å². The first-order valence-electron chi connectivity index (χ1n) is 6.66. The van der Waals surface area contributed by atoms with Gasteiger partial charge in [-0.2, -0.15) is 0 Å². The number of benzene rings is 2. The van der Waals surface area contributed by atoms with E-state index in [1.54, 1.807) is 0 Å². The number of rotatable bonds is 2. The number of aldehydes is 1. The zero-order valence-electron chi connectivity index (χ0n) is 11.3. The van der Waals surface area contributed by atoms with Crippen molar-refractivity contribution in [3.8, 4) is 11.1 Å². The van der Waals surface area contributed by atoms with Gasteiger partial charge in [-0.3, -0.25) is 4.79 Å². The van der Waals surface area contributed by atoms with Crippen LogP contribution < -0.4 is 0 Å². The number of carbonyl (C=O) groups excluding carboxylic acids is 1. The Kier molecular flexibility index (Phi) is 3.13. The number of nitrogens with zero attached hydrogens (tertiary/aromatic N) is 2. The summed E-state index contributed by atoms with van der Waals surface area (Å²) in [6.07, 6.45) is 2.28. The van der Waals surface area contributed by atoms with E-state index in [1.165, 1.54) is 17.7 Å². The Morgan fingerprint density at radius 1 is 1.05 bits per heavy atom. The van der Waals surface area contributed by atoms with Crippen LogP contribution in [-0.2, 0) is 0 Å². The molecule has 0 amide bonds. The highest BCUT2D eigenvalue weighted by atomic mass is 35.5. The lowest BCUT2D eigenvalue weighted by molar-refractivity contribution is 0.112. The maximum absolute atomic E-state index is 11.5. The second-order valence-corrected chi connectivity index (χ2v) is 6.22. The Morgan fingerprint density at radius 2 is 1.86 bits per heavy atom. The van der Waals surface area contributed by atoms with Gasteiger partial charge in [-0.25, -0.2) is 9.97 Å². The summed E-state index contributed by atoms with van der Waals surface area (Å²) >= 11 is 7.61. The first-order valence-corrected chi connectivity index (χ1v) is 7.85. The van der Waals surface area contributed by atoms with E-state index in [2.05, 4.69) is 9.97 Å². The molecule has 0 aliphatic rings. The van der Waals surface area contributed by atoms with Crippen LogP contribution >= 0.6 is 22.9 Å². The molecule has 0 aliphatic carbocycles. The fraction of sp³-hybridized carbons (Fsp3) is 0. The van der Waals surface area contributed by atoms with Crippen LogP contribution in [0.2, 0.25) is 5.15 Å². The Balaban J connectivity index is 2.19. The molecule has 0 radical (unpaired) electrons. The minimum Gasteiger partial charge on any atom is -0.297 e. The third kappa shape index (κ3) is 1.92. The van der Waals surface area contributed by atoms with Crippen molar-refractivity contribution in [1.29, 1.82) is 0 Å². The predicted molar refractivity (Wildman–Crippen MR) is 90.8 cm³/mol. The number of fused-ring (bicyclic) bond motifs is 2. The molecular formula is C17H9ClN2OS. The molecule has 3 nitrogen and oxygen atoms in total. The monoisotopic (exact) mass is 324 g/mol. The summed E-state index contributed by atoms with van der Waals surface area (Å²) in [4.78, 5) is 21.2. The highest BCUT2D eigenvalue weighted by Gasteiger charge is 2.19. The molecule has 0 unspecified atom stereocenters. The molecule has 0 atom stereocenters. The number of aromatic nitrogens is 2. The van der Waals surface area contributed by atoms with Crippen LogP contribution in [0.15, 0.2) is 48.8 Å². The molecule has 0 bridgehead atoms. The van der Waals surface area contributed by atoms with Gasteiger partial charge in [0.2, 0.25) is 0 Å². The van der Waals surface area contributed by atoms with E-state index in [-0.39, 0.29) is 0 Å². The summed E-state index contributed by atoms with van der Waals surface area (Å²) in [6, 6.07) is 14.1. The summed E-state index contributed by atoms with van der Waals surface area (Å²) in [6.45, 7) is 0. The van der Waals surface area contributed by atoms with Crippen molar-refractivity contribution in [3.05, 3.63) is 58.8 Å². The Labute approximate surface area is 135 Å². The molecule has 0 fully saturated rings. The van der Waals surface area contributed by atoms with Gasteiger partial charge in [-0.1, -0.05) is 54.1 Å². The lowest BCUT2D eigenvalue weighted by Gasteiger charge is -2.07. The van der Waals surface area contributed by atoms with Crippen LogP contribution in [0.25, 0.3) is 32.1 Å². The van der Waals surface area contributed by atoms with E-state index in [0.717, 1.165) is 38.4 Å². The topological polar surface area (TPSA) is 42.9 Å². The predicted octanol–water partition coefficient (Wildman–Crippen LogP) is 4.98. The van der Waals surface area contributed by atoms with E-state index in [1.807, 2.05) is 42.5 Å². The molecule has 2 aromatic heterocycles. The molecular weight excluding hydrogens is 316 g/mol. The van der Waals surface area contributed by atoms with E-state index in [4.69, 9.17) is 11.6 Å². The van der Waals surface area contributed by atoms with E-state index in [0.29, 0.717) is 10.0 Å². The van der Waals surface area contributed by atoms with Crippen LogP contribution in [0, 0.1) is 0 Å². The van der Waals surface area contributed by atoms with Crippen LogP contribution in [-0.4, -0.2) is 16.3 Å². The van der Waals surface area contributed by atoms with Crippen molar-refractivity contribution in [2.45, 2.75) is 0 Å². The van der Waals surface area contributed by atoms with Gasteiger partial charge in [0, 0.05) is 5.56 Å². The molecule has 2 heterocycles. The molecule has 22 heavy (non-hydrogen) atoms. The van der Waals surface area contributed by atoms with Gasteiger partial charge in [-0.15, -0.1) is 11.3 Å². The summed E-state index contributed by atoms with van der Waals surface area (Å²) in [5, 5.41) is 3.31. The largest absolute Gasteiger partial charge is 0.297 e. The lowest BCUT2D eigenvalue weighted by atomic mass is 9.97. The Morgan fingerprint density at radius 3 is 2.73 bits per heavy atom. The van der Waals surface area contributed by atoms with Crippen molar-refractivity contribution in [2.75, 3.05) is 0 Å². The number of hydrogen-bond donors (Lipinski definition) is 0. The molecule has 0 saturated carbocycles. The molecule has 0 aliphatic heterocycles. The highest BCUT2D eigenvalue weighted by Crippen LogP contribution is 2.42. The maximum atomic E-state index is 11.5. The summed E-state index contributed by atoms with van der Waals surface area (Å²) in [5.41, 5.74) is 1.79. The van der Waals surface area contributed by atoms with Gasteiger partial charge in [0.1, 0.15) is 16.3 Å². The third-order valence-corrected chi connectivity index (χ3v) is 4.94. The molecule has 4 aromatic rings. The van der Waals surface area contributed by atoms with Gasteiger partial charge in [-0.05, 0) is 16.3 Å². The third-order valence-electron chi connectivity index (χ3n) is 3.64. The first kappa shape index (κ1) is 13.4. The average Bonchev–Trinajstić information content (AvgIpc) is 2.94. The summed E-state index contributed by atoms with van der Waals surface area (Å²) in [5.74, 6) is 0. The second kappa shape index (κ2) is 5.16. The standard InChI is InChI=1S/C17H9ClN2OS/c18-16-15-14(13(8-21)22-17(15)20-9-19-16)12-7-3-5-10-4-1-2-6-11(10)12/h1-9H. The average molecular weight is 325 g/mol. The Hall–Kier alpha value is -2.30. The van der Waals surface area contributed by atoms with E-state index in [9.17, 15) is 4.79 Å². The quantitative estimate of drug-likeness (QED) is 0.386. The number of thiophene rings is 1. The number of hydrogen-bond acceptors (Lipinski definition) is 4. The summed E-state index contributed by atoms with van der Waals surface area (Å²) < 4.78 is 0. The van der Waals surface area contributed by atoms with Crippen molar-refractivity contribution in [2.24, 2.45) is 0 Å². The van der Waals surface area contributed by atoms with E-state index < -0.39 is 0 Å². The minimum absolute atomic E-state index is 0.372. The lowest BCUT2D eigenvalue weighted by Crippen LogP contribution is -1.86. The fourth-order valence-corrected chi connectivity index (χ4v) is 3.96. The number of carbonyl (C=O) groups is 1. The molecule has 0 N–H and O–H groups in total. The van der Waals surface area contributed by atoms with Crippen molar-refractivity contribution < 1.29 is 4.79 Å². The zero-order chi connectivity index (χ0) is 15.1. The Bertz CT molecular complexity index is 1020. The molecule has 5 heteroatoms. The van der Waals surface area contributed by atoms with Crippen molar-refractivity contribution in [1.82, 2.24) is 9.97 Å². The molecule has 2 aromatic carbocycles. The van der Waals surface area contributed by atoms with Gasteiger partial charge in [0.25, 0.3) is 0 Å². The van der Waals surface area contributed by atoms with Crippen molar-refractivity contribution >= 4 is 50.2 Å². The van der Waals surface area contributed by atoms with Gasteiger partial charge >= 0.3 is 0 Å². The smallest absolute Gasteiger partial charge is 0.160 e. The van der Waals surface area contributed by atoms with Crippen LogP contribution in [0.4, 0.5) is 0 Å². The zero-order valence-corrected chi connectivity index (χ0v) is 12.9. The molecule has 0 spiro atoms.